The first kappa shape index (κ1) is 15.7. The Balaban J connectivity index is 1.83. The van der Waals surface area contributed by atoms with Crippen LogP contribution >= 0.6 is 0 Å². The van der Waals surface area contributed by atoms with Gasteiger partial charge in [0.1, 0.15) is 5.82 Å². The lowest BCUT2D eigenvalue weighted by Crippen LogP contribution is -2.15. The highest BCUT2D eigenvalue weighted by Crippen LogP contribution is 2.31. The van der Waals surface area contributed by atoms with Crippen LogP contribution in [0.4, 0.5) is 5.82 Å². The van der Waals surface area contributed by atoms with Crippen LogP contribution in [0.1, 0.15) is 16.1 Å². The molecule has 0 aliphatic carbocycles. The number of rotatable bonds is 6. The van der Waals surface area contributed by atoms with Gasteiger partial charge in [-0.1, -0.05) is 12.1 Å². The molecule has 0 fully saturated rings. The Bertz CT molecular complexity index is 824. The van der Waals surface area contributed by atoms with E-state index in [1.807, 2.05) is 18.2 Å². The maximum Gasteiger partial charge on any atom is 0.292 e. The van der Waals surface area contributed by atoms with Crippen molar-refractivity contribution in [2.45, 2.75) is 6.54 Å². The molecular formula is C17H17N3O4. The van der Waals surface area contributed by atoms with Crippen LogP contribution in [0.2, 0.25) is 0 Å². The summed E-state index contributed by atoms with van der Waals surface area (Å²) < 4.78 is 17.5. The topological polar surface area (TPSA) is 78.5 Å². The van der Waals surface area contributed by atoms with Gasteiger partial charge >= 0.3 is 0 Å². The molecule has 1 N–H and O–H groups in total. The van der Waals surface area contributed by atoms with Crippen LogP contribution in [0, 0.1) is 0 Å². The van der Waals surface area contributed by atoms with Crippen molar-refractivity contribution in [3.05, 3.63) is 60.2 Å². The molecule has 124 valence electrons. The molecule has 7 heteroatoms. The number of benzene rings is 1. The molecule has 2 aromatic heterocycles. The maximum atomic E-state index is 12.1. The smallest absolute Gasteiger partial charge is 0.292 e. The molecule has 24 heavy (non-hydrogen) atoms. The molecule has 0 radical (unpaired) electrons. The Kier molecular flexibility index (Phi) is 4.51. The molecule has 0 aliphatic rings. The summed E-state index contributed by atoms with van der Waals surface area (Å²) in [5.41, 5.74) is 0.883. The van der Waals surface area contributed by atoms with Crippen LogP contribution < -0.4 is 14.8 Å². The summed E-state index contributed by atoms with van der Waals surface area (Å²) in [4.78, 5) is 12.1. The van der Waals surface area contributed by atoms with E-state index in [0.717, 1.165) is 5.56 Å². The number of nitrogens with one attached hydrogen (secondary N) is 1. The first-order valence-corrected chi connectivity index (χ1v) is 7.29. The average molecular weight is 327 g/mol. The van der Waals surface area contributed by atoms with Crippen molar-refractivity contribution >= 4 is 11.7 Å². The third kappa shape index (κ3) is 3.10. The number of hydrogen-bond acceptors (Lipinski definition) is 5. The van der Waals surface area contributed by atoms with Gasteiger partial charge in [0.05, 0.1) is 33.2 Å². The molecule has 0 saturated heterocycles. The molecule has 0 spiro atoms. The summed E-state index contributed by atoms with van der Waals surface area (Å²) in [5.74, 6) is 1.74. The summed E-state index contributed by atoms with van der Waals surface area (Å²) in [6.07, 6.45) is 3.07. The number of amides is 1. The van der Waals surface area contributed by atoms with Gasteiger partial charge in [0.2, 0.25) is 0 Å². The van der Waals surface area contributed by atoms with Gasteiger partial charge in [-0.3, -0.25) is 4.79 Å². The zero-order valence-corrected chi connectivity index (χ0v) is 13.4. The molecule has 0 atom stereocenters. The standard InChI is InChI=1S/C17H17N3O4/c1-22-13-6-3-5-12(16(13)23-2)11-20-15(8-9-18-20)19-17(21)14-7-4-10-24-14/h3-10H,11H2,1-2H3,(H,19,21). The molecule has 7 nitrogen and oxygen atoms in total. The van der Waals surface area contributed by atoms with Gasteiger partial charge in [-0.15, -0.1) is 0 Å². The fourth-order valence-electron chi connectivity index (χ4n) is 2.39. The molecule has 0 bridgehead atoms. The van der Waals surface area contributed by atoms with Crippen LogP contribution in [-0.4, -0.2) is 29.9 Å². The van der Waals surface area contributed by atoms with E-state index in [1.54, 1.807) is 43.3 Å². The highest BCUT2D eigenvalue weighted by atomic mass is 16.5. The number of anilines is 1. The number of methoxy groups -OCH3 is 2. The fraction of sp³-hybridized carbons (Fsp3) is 0.176. The van der Waals surface area contributed by atoms with Crippen LogP contribution in [0.5, 0.6) is 11.5 Å². The predicted molar refractivity (Wildman–Crippen MR) is 87.5 cm³/mol. The minimum atomic E-state index is -0.334. The molecule has 0 aliphatic heterocycles. The van der Waals surface area contributed by atoms with Crippen molar-refractivity contribution in [1.82, 2.24) is 9.78 Å². The summed E-state index contributed by atoms with van der Waals surface area (Å²) in [7, 11) is 3.18. The van der Waals surface area contributed by atoms with E-state index in [1.165, 1.54) is 6.26 Å². The van der Waals surface area contributed by atoms with E-state index >= 15 is 0 Å². The van der Waals surface area contributed by atoms with Crippen molar-refractivity contribution < 1.29 is 18.7 Å². The third-order valence-electron chi connectivity index (χ3n) is 3.51. The van der Waals surface area contributed by atoms with Gasteiger partial charge in [0, 0.05) is 11.6 Å². The lowest BCUT2D eigenvalue weighted by Gasteiger charge is -2.14. The second-order valence-corrected chi connectivity index (χ2v) is 4.96. The van der Waals surface area contributed by atoms with E-state index in [9.17, 15) is 4.79 Å². The minimum Gasteiger partial charge on any atom is -0.493 e. The quantitative estimate of drug-likeness (QED) is 0.753. The van der Waals surface area contributed by atoms with Gasteiger partial charge in [0.25, 0.3) is 5.91 Å². The van der Waals surface area contributed by atoms with E-state index in [4.69, 9.17) is 13.9 Å². The summed E-state index contributed by atoms with van der Waals surface area (Å²) in [6.45, 7) is 0.418. The number of ether oxygens (including phenoxy) is 2. The lowest BCUT2D eigenvalue weighted by atomic mass is 10.2. The maximum absolute atomic E-state index is 12.1. The van der Waals surface area contributed by atoms with E-state index < -0.39 is 0 Å². The number of carbonyl (C=O) groups excluding carboxylic acids is 1. The van der Waals surface area contributed by atoms with Crippen LogP contribution in [0.15, 0.2) is 53.3 Å². The van der Waals surface area contributed by atoms with Crippen LogP contribution in [0.25, 0.3) is 0 Å². The van der Waals surface area contributed by atoms with Crippen molar-refractivity contribution in [2.24, 2.45) is 0 Å². The number of nitrogens with zero attached hydrogens (tertiary/aromatic N) is 2. The van der Waals surface area contributed by atoms with Gasteiger partial charge in [-0.05, 0) is 18.2 Å². The number of furan rings is 1. The van der Waals surface area contributed by atoms with Gasteiger partial charge < -0.3 is 19.2 Å². The molecule has 2 heterocycles. The first-order chi connectivity index (χ1) is 11.7. The van der Waals surface area contributed by atoms with Gasteiger partial charge in [-0.25, -0.2) is 4.68 Å². The predicted octanol–water partition coefficient (Wildman–Crippen LogP) is 2.79. The Morgan fingerprint density at radius 2 is 2.08 bits per heavy atom. The van der Waals surface area contributed by atoms with Crippen molar-refractivity contribution in [3.8, 4) is 11.5 Å². The highest BCUT2D eigenvalue weighted by molar-refractivity contribution is 6.01. The van der Waals surface area contributed by atoms with E-state index in [-0.39, 0.29) is 11.7 Å². The zero-order chi connectivity index (χ0) is 16.9. The Morgan fingerprint density at radius 3 is 2.79 bits per heavy atom. The summed E-state index contributed by atoms with van der Waals surface area (Å²) in [5, 5.41) is 7.03. The van der Waals surface area contributed by atoms with E-state index in [2.05, 4.69) is 10.4 Å². The zero-order valence-electron chi connectivity index (χ0n) is 13.4. The van der Waals surface area contributed by atoms with Crippen LogP contribution in [0.3, 0.4) is 0 Å². The largest absolute Gasteiger partial charge is 0.493 e. The Labute approximate surface area is 138 Å². The average Bonchev–Trinajstić information content (AvgIpc) is 3.27. The minimum absolute atomic E-state index is 0.238. The number of para-hydroxylation sites is 1. The van der Waals surface area contributed by atoms with Crippen LogP contribution in [-0.2, 0) is 6.54 Å². The van der Waals surface area contributed by atoms with E-state index in [0.29, 0.717) is 23.9 Å². The normalized spacial score (nSPS) is 10.4. The second-order valence-electron chi connectivity index (χ2n) is 4.96. The number of carbonyl (C=O) groups is 1. The van der Waals surface area contributed by atoms with Gasteiger partial charge in [-0.2, -0.15) is 5.10 Å². The molecular weight excluding hydrogens is 310 g/mol. The monoisotopic (exact) mass is 327 g/mol. The molecule has 3 rings (SSSR count). The SMILES string of the molecule is COc1cccc(Cn2nccc2NC(=O)c2ccco2)c1OC. The fourth-order valence-corrected chi connectivity index (χ4v) is 2.39. The van der Waals surface area contributed by atoms with Gasteiger partial charge in [0.15, 0.2) is 17.3 Å². The van der Waals surface area contributed by atoms with Crippen molar-refractivity contribution in [1.29, 1.82) is 0 Å². The molecule has 0 saturated carbocycles. The molecule has 1 amide bonds. The van der Waals surface area contributed by atoms with Crippen molar-refractivity contribution in [2.75, 3.05) is 19.5 Å². The summed E-state index contributed by atoms with van der Waals surface area (Å²) >= 11 is 0. The van der Waals surface area contributed by atoms with Crippen molar-refractivity contribution in [3.63, 3.8) is 0 Å². The number of aromatic nitrogens is 2. The number of hydrogen-bond donors (Lipinski definition) is 1. The highest BCUT2D eigenvalue weighted by Gasteiger charge is 2.14. The Hall–Kier alpha value is -3.22. The molecule has 1 aromatic carbocycles. The third-order valence-corrected chi connectivity index (χ3v) is 3.51. The first-order valence-electron chi connectivity index (χ1n) is 7.29. The second kappa shape index (κ2) is 6.91. The molecule has 0 unspecified atom stereocenters. The lowest BCUT2D eigenvalue weighted by molar-refractivity contribution is 0.0995. The summed E-state index contributed by atoms with van der Waals surface area (Å²) in [6, 6.07) is 10.6. The Morgan fingerprint density at radius 1 is 1.21 bits per heavy atom. The molecule has 3 aromatic rings.